The second-order valence-electron chi connectivity index (χ2n) is 16.0. The van der Waals surface area contributed by atoms with Gasteiger partial charge in [0.1, 0.15) is 11.6 Å². The van der Waals surface area contributed by atoms with Crippen LogP contribution in [0.4, 0.5) is 5.69 Å². The number of ketones is 1. The van der Waals surface area contributed by atoms with Crippen LogP contribution < -0.4 is 22.5 Å². The molecule has 2 aliphatic rings. The van der Waals surface area contributed by atoms with Crippen LogP contribution in [0.25, 0.3) is 0 Å². The first-order valence-electron chi connectivity index (χ1n) is 18.9. The minimum atomic E-state index is -4.07. The van der Waals surface area contributed by atoms with Crippen LogP contribution in [-0.2, 0) is 35.4 Å². The minimum absolute atomic E-state index is 0.0174. The number of sulfone groups is 1. The Bertz CT molecular complexity index is 1730. The predicted molar refractivity (Wildman–Crippen MR) is 205 cm³/mol. The molecule has 1 heterocycles. The number of imide groups is 1. The highest BCUT2D eigenvalue weighted by Gasteiger charge is 2.61. The molecule has 0 bridgehead atoms. The molecule has 53 heavy (non-hydrogen) atoms. The first-order valence-corrected chi connectivity index (χ1v) is 20.6. The molecule has 1 aliphatic carbocycles. The molecule has 4 rings (SSSR count). The molecule has 0 spiro atoms. The van der Waals surface area contributed by atoms with Gasteiger partial charge >= 0.3 is 0 Å². The van der Waals surface area contributed by atoms with Gasteiger partial charge < -0.3 is 27.6 Å². The smallest absolute Gasteiger partial charge is 0.247 e. The molecular formula is C40H59N5O7S. The molecule has 1 aliphatic heterocycles. The average Bonchev–Trinajstić information content (AvgIpc) is 3.38. The molecule has 8 N–H and O–H groups in total. The molecule has 0 aromatic heterocycles. The summed E-state index contributed by atoms with van der Waals surface area (Å²) in [7, 11) is -4.07. The zero-order valence-electron chi connectivity index (χ0n) is 31.8. The van der Waals surface area contributed by atoms with Crippen molar-refractivity contribution in [1.29, 1.82) is 0 Å². The third kappa shape index (κ3) is 9.54. The Morgan fingerprint density at radius 2 is 1.60 bits per heavy atom. The SMILES string of the molecule is CC(=O)N(C(=O)[C@@H](N)Cc1ccccc1)[C@](CC(C)C)(C(=O)[C@@H](CC1CCCCC1)C(O)C(N)C(=O)NCC(C)C)[C@H]1CS(=O)(=O)c2cc(N)ccc21. The van der Waals surface area contributed by atoms with Crippen molar-refractivity contribution in [2.24, 2.45) is 35.1 Å². The van der Waals surface area contributed by atoms with Crippen molar-refractivity contribution < 1.29 is 32.7 Å². The van der Waals surface area contributed by atoms with Gasteiger partial charge in [0.25, 0.3) is 0 Å². The maximum Gasteiger partial charge on any atom is 0.247 e. The van der Waals surface area contributed by atoms with E-state index in [4.69, 9.17) is 17.2 Å². The first-order chi connectivity index (χ1) is 24.9. The fourth-order valence-corrected chi connectivity index (χ4v) is 10.3. The number of nitrogen functional groups attached to an aromatic ring is 1. The maximum absolute atomic E-state index is 16.0. The number of rotatable bonds is 16. The lowest BCUT2D eigenvalue weighted by Gasteiger charge is -2.49. The highest BCUT2D eigenvalue weighted by atomic mass is 32.2. The monoisotopic (exact) mass is 753 g/mol. The molecule has 1 saturated carbocycles. The van der Waals surface area contributed by atoms with E-state index in [2.05, 4.69) is 5.32 Å². The maximum atomic E-state index is 16.0. The Balaban J connectivity index is 1.99. The number of hydrogen-bond acceptors (Lipinski definition) is 10. The van der Waals surface area contributed by atoms with Crippen LogP contribution in [0.2, 0.25) is 0 Å². The standard InChI is InChI=1S/C40H59N5O7S/c1-24(2)21-40(32-23-53(51,52)34-20-29(41)16-17-30(32)34,45(26(5)46)39(50)33(42)19-28-14-10-7-11-15-28)37(48)31(18-27-12-8-6-9-13-27)36(47)35(43)38(49)44-22-25(3)4/h7,10-11,14-17,20,24-25,27,31-33,35-36,47H,6,8-9,12-13,18-19,21-23,41-43H2,1-5H3,(H,44,49)/t31-,32-,33-,35?,36?,40-/m0/s1. The molecule has 2 unspecified atom stereocenters. The summed E-state index contributed by atoms with van der Waals surface area (Å²) in [6, 6.07) is 10.6. The Kier molecular flexibility index (Phi) is 14.0. The lowest BCUT2D eigenvalue weighted by molar-refractivity contribution is -0.164. The molecule has 12 nitrogen and oxygen atoms in total. The number of anilines is 1. The molecule has 2 aromatic carbocycles. The highest BCUT2D eigenvalue weighted by molar-refractivity contribution is 7.91. The van der Waals surface area contributed by atoms with Gasteiger partial charge in [0.05, 0.1) is 22.8 Å². The lowest BCUT2D eigenvalue weighted by atomic mass is 9.65. The van der Waals surface area contributed by atoms with Gasteiger partial charge in [0, 0.05) is 31.0 Å². The van der Waals surface area contributed by atoms with Crippen molar-refractivity contribution in [2.45, 2.75) is 121 Å². The topological polar surface area (TPSA) is 216 Å². The highest BCUT2D eigenvalue weighted by Crippen LogP contribution is 2.50. The summed E-state index contributed by atoms with van der Waals surface area (Å²) in [5.74, 6) is -6.45. The fourth-order valence-electron chi connectivity index (χ4n) is 8.38. The van der Waals surface area contributed by atoms with Crippen LogP contribution in [0, 0.1) is 23.7 Å². The minimum Gasteiger partial charge on any atom is -0.399 e. The molecule has 2 aromatic rings. The summed E-state index contributed by atoms with van der Waals surface area (Å²) in [6.07, 6.45) is 2.74. The number of hydrogen-bond donors (Lipinski definition) is 5. The lowest BCUT2D eigenvalue weighted by Crippen LogP contribution is -2.68. The van der Waals surface area contributed by atoms with Gasteiger partial charge in [-0.25, -0.2) is 8.42 Å². The van der Waals surface area contributed by atoms with E-state index in [0.29, 0.717) is 6.54 Å². The molecule has 3 amide bonds. The van der Waals surface area contributed by atoms with Gasteiger partial charge in [-0.15, -0.1) is 0 Å². The number of fused-ring (bicyclic) bond motifs is 1. The van der Waals surface area contributed by atoms with Gasteiger partial charge in [0.15, 0.2) is 15.6 Å². The number of aliphatic hydroxyl groups excluding tert-OH is 1. The van der Waals surface area contributed by atoms with Crippen molar-refractivity contribution in [3.05, 3.63) is 59.7 Å². The van der Waals surface area contributed by atoms with Crippen molar-refractivity contribution in [3.8, 4) is 0 Å². The zero-order valence-corrected chi connectivity index (χ0v) is 32.6. The quantitative estimate of drug-likeness (QED) is 0.157. The number of carbonyl (C=O) groups is 4. The van der Waals surface area contributed by atoms with Gasteiger partial charge in [-0.1, -0.05) is 96.2 Å². The third-order valence-corrected chi connectivity index (χ3v) is 12.6. The number of aliphatic hydroxyl groups is 1. The normalized spacial score (nSPS) is 20.5. The van der Waals surface area contributed by atoms with E-state index >= 15 is 4.79 Å². The summed E-state index contributed by atoms with van der Waals surface area (Å²) < 4.78 is 27.9. The van der Waals surface area contributed by atoms with Crippen molar-refractivity contribution in [1.82, 2.24) is 10.2 Å². The molecular weight excluding hydrogens is 695 g/mol. The van der Waals surface area contributed by atoms with Crippen LogP contribution in [0.3, 0.4) is 0 Å². The average molecular weight is 754 g/mol. The second-order valence-corrected chi connectivity index (χ2v) is 18.0. The van der Waals surface area contributed by atoms with Gasteiger partial charge in [-0.2, -0.15) is 0 Å². The number of nitrogens with zero attached hydrogens (tertiary/aromatic N) is 1. The summed E-state index contributed by atoms with van der Waals surface area (Å²) in [4.78, 5) is 59.0. The zero-order chi connectivity index (χ0) is 39.2. The number of carbonyl (C=O) groups excluding carboxylic acids is 4. The van der Waals surface area contributed by atoms with Crippen molar-refractivity contribution >= 4 is 39.0 Å². The van der Waals surface area contributed by atoms with E-state index < -0.39 is 74.7 Å². The predicted octanol–water partition coefficient (Wildman–Crippen LogP) is 3.49. The van der Waals surface area contributed by atoms with E-state index in [1.54, 1.807) is 24.3 Å². The van der Waals surface area contributed by atoms with Gasteiger partial charge in [0.2, 0.25) is 17.7 Å². The molecule has 292 valence electrons. The molecule has 1 fully saturated rings. The molecule has 0 radical (unpaired) electrons. The van der Waals surface area contributed by atoms with Gasteiger partial charge in [-0.3, -0.25) is 24.1 Å². The van der Waals surface area contributed by atoms with E-state index in [0.717, 1.165) is 42.6 Å². The molecule has 0 saturated heterocycles. The Morgan fingerprint density at radius 3 is 2.19 bits per heavy atom. The molecule has 6 atom stereocenters. The van der Waals surface area contributed by atoms with E-state index in [1.165, 1.54) is 25.1 Å². The largest absolute Gasteiger partial charge is 0.399 e. The Hall–Kier alpha value is -3.65. The van der Waals surface area contributed by atoms with Crippen molar-refractivity contribution in [3.63, 3.8) is 0 Å². The molecule has 13 heteroatoms. The number of benzene rings is 2. The van der Waals surface area contributed by atoms with Crippen LogP contribution in [0.5, 0.6) is 0 Å². The number of Topliss-reactive ketones (excluding diaryl/α,β-unsaturated/α-hetero) is 1. The first kappa shape index (κ1) is 42.1. The van der Waals surface area contributed by atoms with Crippen LogP contribution in [0.1, 0.15) is 96.6 Å². The Labute approximate surface area is 314 Å². The van der Waals surface area contributed by atoms with Crippen LogP contribution >= 0.6 is 0 Å². The summed E-state index contributed by atoms with van der Waals surface area (Å²) in [6.45, 7) is 8.92. The number of nitrogens with two attached hydrogens (primary N) is 3. The Morgan fingerprint density at radius 1 is 0.962 bits per heavy atom. The number of nitrogens with one attached hydrogen (secondary N) is 1. The van der Waals surface area contributed by atoms with Crippen LogP contribution in [-0.4, -0.2) is 78.0 Å². The second kappa shape index (κ2) is 17.7. The summed E-state index contributed by atoms with van der Waals surface area (Å²) >= 11 is 0. The summed E-state index contributed by atoms with van der Waals surface area (Å²) in [5, 5.41) is 14.8. The van der Waals surface area contributed by atoms with Gasteiger partial charge in [-0.05, 0) is 60.3 Å². The number of amides is 3. The van der Waals surface area contributed by atoms with E-state index in [9.17, 15) is 27.9 Å². The van der Waals surface area contributed by atoms with Crippen molar-refractivity contribution in [2.75, 3.05) is 18.0 Å². The third-order valence-electron chi connectivity index (χ3n) is 10.8. The fraction of sp³-hybridized carbons (Fsp3) is 0.600. The van der Waals surface area contributed by atoms with Crippen LogP contribution in [0.15, 0.2) is 53.4 Å². The van der Waals surface area contributed by atoms with E-state index in [-0.39, 0.29) is 53.2 Å². The summed E-state index contributed by atoms with van der Waals surface area (Å²) in [5.41, 5.74) is 18.2. The van der Waals surface area contributed by atoms with E-state index in [1.807, 2.05) is 33.8 Å².